The molecule has 0 bridgehead atoms. The van der Waals surface area contributed by atoms with E-state index in [1.54, 1.807) is 0 Å². The number of hydrogen-bond donors (Lipinski definition) is 2. The number of nitrogens with one attached hydrogen (secondary N) is 1. The second-order valence-corrected chi connectivity index (χ2v) is 1.87. The molecule has 54 valence electrons. The SMILES string of the molecule is CCCCCN=CNO. The van der Waals surface area contributed by atoms with Crippen LogP contribution in [0, 0.1) is 0 Å². The third-order valence-corrected chi connectivity index (χ3v) is 1.04. The van der Waals surface area contributed by atoms with Gasteiger partial charge < -0.3 is 0 Å². The molecule has 0 amide bonds. The maximum atomic E-state index is 8.02. The fourth-order valence-corrected chi connectivity index (χ4v) is 0.558. The zero-order valence-corrected chi connectivity index (χ0v) is 5.80. The van der Waals surface area contributed by atoms with E-state index >= 15 is 0 Å². The Hall–Kier alpha value is -0.570. The minimum absolute atomic E-state index is 0.807. The van der Waals surface area contributed by atoms with E-state index < -0.39 is 0 Å². The molecule has 0 aliphatic rings. The van der Waals surface area contributed by atoms with E-state index in [0.29, 0.717) is 0 Å². The monoisotopic (exact) mass is 130 g/mol. The number of hydrogen-bond acceptors (Lipinski definition) is 2. The van der Waals surface area contributed by atoms with Gasteiger partial charge in [-0.25, -0.2) is 0 Å². The second-order valence-electron chi connectivity index (χ2n) is 1.87. The lowest BCUT2D eigenvalue weighted by atomic mass is 10.2. The molecule has 0 spiro atoms. The number of nitrogens with zero attached hydrogens (tertiary/aromatic N) is 1. The number of unbranched alkanes of at least 4 members (excludes halogenated alkanes) is 2. The van der Waals surface area contributed by atoms with Gasteiger partial charge in [-0.2, -0.15) is 0 Å². The summed E-state index contributed by atoms with van der Waals surface area (Å²) in [4.78, 5) is 3.84. The lowest BCUT2D eigenvalue weighted by Gasteiger charge is -1.90. The third-order valence-electron chi connectivity index (χ3n) is 1.04. The van der Waals surface area contributed by atoms with E-state index in [0.717, 1.165) is 13.0 Å². The first-order chi connectivity index (χ1) is 4.41. The Balaban J connectivity index is 2.82. The lowest BCUT2D eigenvalue weighted by molar-refractivity contribution is 0.239. The molecular formula is C6H14N2O. The van der Waals surface area contributed by atoms with Crippen LogP contribution in [0.3, 0.4) is 0 Å². The average molecular weight is 130 g/mol. The molecular weight excluding hydrogens is 116 g/mol. The summed E-state index contributed by atoms with van der Waals surface area (Å²) in [7, 11) is 0. The summed E-state index contributed by atoms with van der Waals surface area (Å²) in [6, 6.07) is 0. The van der Waals surface area contributed by atoms with Gasteiger partial charge in [-0.3, -0.25) is 15.7 Å². The minimum atomic E-state index is 0.807. The summed E-state index contributed by atoms with van der Waals surface area (Å²) < 4.78 is 0. The fourth-order valence-electron chi connectivity index (χ4n) is 0.558. The Bertz CT molecular complexity index is 73.5. The van der Waals surface area contributed by atoms with Crippen LogP contribution in [0.25, 0.3) is 0 Å². The molecule has 0 aliphatic heterocycles. The first-order valence-corrected chi connectivity index (χ1v) is 3.29. The van der Waals surface area contributed by atoms with Gasteiger partial charge in [-0.05, 0) is 6.42 Å². The summed E-state index contributed by atoms with van der Waals surface area (Å²) in [6.45, 7) is 2.95. The van der Waals surface area contributed by atoms with Crippen LogP contribution in [0.15, 0.2) is 4.99 Å². The molecule has 0 aromatic rings. The van der Waals surface area contributed by atoms with Gasteiger partial charge in [-0.15, -0.1) is 0 Å². The molecule has 9 heavy (non-hydrogen) atoms. The van der Waals surface area contributed by atoms with Crippen molar-refractivity contribution in [1.82, 2.24) is 5.48 Å². The van der Waals surface area contributed by atoms with Gasteiger partial charge in [0.15, 0.2) is 0 Å². The molecule has 0 rings (SSSR count). The molecule has 0 atom stereocenters. The summed E-state index contributed by atoms with van der Waals surface area (Å²) in [5, 5.41) is 8.02. The van der Waals surface area contributed by atoms with Crippen molar-refractivity contribution in [1.29, 1.82) is 0 Å². The van der Waals surface area contributed by atoms with Gasteiger partial charge in [0.05, 0.1) is 0 Å². The molecule has 3 nitrogen and oxygen atoms in total. The molecule has 0 aromatic carbocycles. The van der Waals surface area contributed by atoms with Crippen LogP contribution >= 0.6 is 0 Å². The maximum absolute atomic E-state index is 8.02. The summed E-state index contributed by atoms with van der Waals surface area (Å²) in [5.74, 6) is 0. The van der Waals surface area contributed by atoms with Crippen molar-refractivity contribution in [3.8, 4) is 0 Å². The predicted octanol–water partition coefficient (Wildman–Crippen LogP) is 1.18. The van der Waals surface area contributed by atoms with Crippen molar-refractivity contribution in [3.63, 3.8) is 0 Å². The molecule has 0 radical (unpaired) electrons. The Labute approximate surface area is 55.8 Å². The Morgan fingerprint density at radius 2 is 2.33 bits per heavy atom. The van der Waals surface area contributed by atoms with Gasteiger partial charge in [0, 0.05) is 6.54 Å². The number of hydroxylamine groups is 1. The molecule has 0 saturated heterocycles. The molecule has 0 aromatic heterocycles. The highest BCUT2D eigenvalue weighted by Gasteiger charge is 1.79. The van der Waals surface area contributed by atoms with Crippen molar-refractivity contribution in [3.05, 3.63) is 0 Å². The highest BCUT2D eigenvalue weighted by atomic mass is 16.5. The van der Waals surface area contributed by atoms with Gasteiger partial charge >= 0.3 is 0 Å². The van der Waals surface area contributed by atoms with E-state index in [-0.39, 0.29) is 0 Å². The van der Waals surface area contributed by atoms with Crippen molar-refractivity contribution < 1.29 is 5.21 Å². The zero-order valence-electron chi connectivity index (χ0n) is 5.80. The quantitative estimate of drug-likeness (QED) is 0.254. The van der Waals surface area contributed by atoms with Crippen LogP contribution in [-0.2, 0) is 0 Å². The van der Waals surface area contributed by atoms with Crippen LogP contribution in [0.5, 0.6) is 0 Å². The molecule has 0 heterocycles. The normalized spacial score (nSPS) is 10.4. The zero-order chi connectivity index (χ0) is 6.95. The van der Waals surface area contributed by atoms with E-state index in [1.807, 2.05) is 5.48 Å². The summed E-state index contributed by atoms with van der Waals surface area (Å²) in [5.41, 5.74) is 1.85. The second kappa shape index (κ2) is 7.43. The fraction of sp³-hybridized carbons (Fsp3) is 0.833. The molecule has 0 saturated carbocycles. The summed E-state index contributed by atoms with van der Waals surface area (Å²) >= 11 is 0. The maximum Gasteiger partial charge on any atom is 0.107 e. The van der Waals surface area contributed by atoms with E-state index in [2.05, 4.69) is 11.9 Å². The third kappa shape index (κ3) is 7.43. The largest absolute Gasteiger partial charge is 0.290 e. The molecule has 3 heteroatoms. The van der Waals surface area contributed by atoms with Crippen LogP contribution in [0.4, 0.5) is 0 Å². The minimum Gasteiger partial charge on any atom is -0.290 e. The Morgan fingerprint density at radius 3 is 2.89 bits per heavy atom. The first kappa shape index (κ1) is 8.43. The van der Waals surface area contributed by atoms with Crippen molar-refractivity contribution in [2.24, 2.45) is 4.99 Å². The Kier molecular flexibility index (Phi) is 6.96. The first-order valence-electron chi connectivity index (χ1n) is 3.29. The van der Waals surface area contributed by atoms with Gasteiger partial charge in [0.1, 0.15) is 6.34 Å². The van der Waals surface area contributed by atoms with Crippen molar-refractivity contribution in [2.75, 3.05) is 6.54 Å². The number of rotatable bonds is 5. The average Bonchev–Trinajstić information content (AvgIpc) is 1.89. The van der Waals surface area contributed by atoms with Crippen LogP contribution in [0.2, 0.25) is 0 Å². The van der Waals surface area contributed by atoms with Gasteiger partial charge in [0.25, 0.3) is 0 Å². The van der Waals surface area contributed by atoms with Crippen molar-refractivity contribution in [2.45, 2.75) is 26.2 Å². The molecule has 0 unspecified atom stereocenters. The molecule has 0 fully saturated rings. The van der Waals surface area contributed by atoms with Crippen molar-refractivity contribution >= 4 is 6.34 Å². The van der Waals surface area contributed by atoms with E-state index in [4.69, 9.17) is 5.21 Å². The van der Waals surface area contributed by atoms with Crippen LogP contribution in [0.1, 0.15) is 26.2 Å². The van der Waals surface area contributed by atoms with Crippen LogP contribution in [-0.4, -0.2) is 18.1 Å². The highest BCUT2D eigenvalue weighted by molar-refractivity contribution is 5.51. The Morgan fingerprint density at radius 1 is 1.56 bits per heavy atom. The van der Waals surface area contributed by atoms with E-state index in [1.165, 1.54) is 19.2 Å². The van der Waals surface area contributed by atoms with Gasteiger partial charge in [0.2, 0.25) is 0 Å². The smallest absolute Gasteiger partial charge is 0.107 e. The van der Waals surface area contributed by atoms with Crippen LogP contribution < -0.4 is 5.48 Å². The predicted molar refractivity (Wildman–Crippen MR) is 37.8 cm³/mol. The summed E-state index contributed by atoms with van der Waals surface area (Å²) in [6.07, 6.45) is 4.83. The highest BCUT2D eigenvalue weighted by Crippen LogP contribution is 1.92. The van der Waals surface area contributed by atoms with Gasteiger partial charge in [-0.1, -0.05) is 19.8 Å². The topological polar surface area (TPSA) is 44.6 Å². The molecule has 0 aliphatic carbocycles. The lowest BCUT2D eigenvalue weighted by Crippen LogP contribution is -2.02. The standard InChI is InChI=1S/C6H14N2O/c1-2-3-4-5-7-6-8-9/h6,9H,2-5H2,1H3,(H,7,8). The molecule has 2 N–H and O–H groups in total. The van der Waals surface area contributed by atoms with E-state index in [9.17, 15) is 0 Å². The number of aliphatic imine (C=N–C) groups is 1.